The predicted octanol–water partition coefficient (Wildman–Crippen LogP) is 1.47. The lowest BCUT2D eigenvalue weighted by atomic mass is 10.2. The van der Waals surface area contributed by atoms with Crippen molar-refractivity contribution in [2.24, 2.45) is 4.99 Å². The van der Waals surface area contributed by atoms with E-state index >= 15 is 0 Å². The number of morpholine rings is 1. The number of rotatable bonds is 2. The number of carbonyl (C=O) groups is 1. The molecule has 1 N–H and O–H groups in total. The molecular formula is C13H14N4O2S. The minimum Gasteiger partial charge on any atom is -0.370 e. The van der Waals surface area contributed by atoms with E-state index in [-0.39, 0.29) is 12.5 Å². The monoisotopic (exact) mass is 290 g/mol. The van der Waals surface area contributed by atoms with Gasteiger partial charge in [0.05, 0.1) is 12.3 Å². The maximum atomic E-state index is 11.7. The molecule has 0 radical (unpaired) electrons. The number of amidine groups is 1. The van der Waals surface area contributed by atoms with Crippen LogP contribution in [0.3, 0.4) is 0 Å². The normalized spacial score (nSPS) is 15.9. The molecule has 0 saturated carbocycles. The molecule has 104 valence electrons. The van der Waals surface area contributed by atoms with Gasteiger partial charge in [-0.15, -0.1) is 0 Å². The second-order valence-corrected chi connectivity index (χ2v) is 4.77. The highest BCUT2D eigenvalue weighted by Gasteiger charge is 2.19. The zero-order chi connectivity index (χ0) is 14.4. The van der Waals surface area contributed by atoms with Gasteiger partial charge in [0.15, 0.2) is 11.4 Å². The number of aliphatic imine (C=N–C) groups is 1. The second-order valence-electron chi connectivity index (χ2n) is 3.97. The molecule has 0 unspecified atom stereocenters. The molecular weight excluding hydrogens is 276 g/mol. The number of amides is 1. The Morgan fingerprint density at radius 1 is 1.50 bits per heavy atom. The van der Waals surface area contributed by atoms with E-state index in [2.05, 4.69) is 10.3 Å². The molecule has 1 fully saturated rings. The molecule has 6 nitrogen and oxygen atoms in total. The smallest absolute Gasteiger partial charge is 0.253 e. The number of nitrogens with zero attached hydrogens (tertiary/aromatic N) is 3. The molecule has 1 aliphatic heterocycles. The van der Waals surface area contributed by atoms with Crippen molar-refractivity contribution in [3.63, 3.8) is 0 Å². The molecule has 1 saturated heterocycles. The van der Waals surface area contributed by atoms with Crippen molar-refractivity contribution in [3.05, 3.63) is 24.3 Å². The molecule has 1 aromatic rings. The Morgan fingerprint density at radius 3 is 2.85 bits per heavy atom. The number of thioether (sulfide) groups is 1. The van der Waals surface area contributed by atoms with Crippen molar-refractivity contribution < 1.29 is 9.53 Å². The summed E-state index contributed by atoms with van der Waals surface area (Å²) < 4.78 is 5.10. The van der Waals surface area contributed by atoms with Crippen molar-refractivity contribution in [3.8, 4) is 6.19 Å². The number of ether oxygens (including phenoxy) is 1. The van der Waals surface area contributed by atoms with Crippen LogP contribution in [-0.2, 0) is 9.53 Å². The molecule has 1 aliphatic rings. The number of nitriles is 1. The summed E-state index contributed by atoms with van der Waals surface area (Å²) >= 11 is 1.36. The maximum Gasteiger partial charge on any atom is 0.253 e. The molecule has 1 heterocycles. The number of benzene rings is 1. The lowest BCUT2D eigenvalue weighted by Crippen LogP contribution is -2.41. The predicted molar refractivity (Wildman–Crippen MR) is 79.0 cm³/mol. The van der Waals surface area contributed by atoms with Gasteiger partial charge in [0.25, 0.3) is 5.91 Å². The van der Waals surface area contributed by atoms with Crippen molar-refractivity contribution in [1.29, 1.82) is 5.26 Å². The van der Waals surface area contributed by atoms with Gasteiger partial charge in [0, 0.05) is 12.2 Å². The van der Waals surface area contributed by atoms with Gasteiger partial charge in [-0.1, -0.05) is 11.8 Å². The van der Waals surface area contributed by atoms with Gasteiger partial charge in [-0.05, 0) is 30.5 Å². The summed E-state index contributed by atoms with van der Waals surface area (Å²) in [5, 5.41) is 11.6. The number of hydrogen-bond acceptors (Lipinski definition) is 5. The van der Waals surface area contributed by atoms with Crippen LogP contribution < -0.4 is 10.2 Å². The zero-order valence-corrected chi connectivity index (χ0v) is 11.8. The number of carbonyl (C=O) groups excluding carboxylic acids is 1. The Morgan fingerprint density at radius 2 is 2.25 bits per heavy atom. The summed E-state index contributed by atoms with van der Waals surface area (Å²) in [6.07, 6.45) is 3.68. The van der Waals surface area contributed by atoms with Crippen LogP contribution in [0.2, 0.25) is 0 Å². The first kappa shape index (κ1) is 14.4. The van der Waals surface area contributed by atoms with Gasteiger partial charge in [-0.3, -0.25) is 10.1 Å². The molecule has 0 atom stereocenters. The fourth-order valence-electron chi connectivity index (χ4n) is 1.79. The highest BCUT2D eigenvalue weighted by atomic mass is 32.2. The molecule has 0 aliphatic carbocycles. The number of nitrogens with one attached hydrogen (secondary N) is 1. The van der Waals surface area contributed by atoms with Crippen LogP contribution in [0.1, 0.15) is 0 Å². The third-order valence-corrected chi connectivity index (χ3v) is 3.31. The second kappa shape index (κ2) is 6.93. The Kier molecular flexibility index (Phi) is 4.98. The summed E-state index contributed by atoms with van der Waals surface area (Å²) in [6.45, 7) is 1.24. The minimum atomic E-state index is -0.0385. The lowest BCUT2D eigenvalue weighted by Gasteiger charge is -2.26. The highest BCUT2D eigenvalue weighted by molar-refractivity contribution is 8.13. The van der Waals surface area contributed by atoms with E-state index in [9.17, 15) is 4.79 Å². The largest absolute Gasteiger partial charge is 0.370 e. The summed E-state index contributed by atoms with van der Waals surface area (Å²) in [5.41, 5.74) is 1.55. The summed E-state index contributed by atoms with van der Waals surface area (Å²) in [5.74, 6) is -0.0385. The third-order valence-electron chi connectivity index (χ3n) is 2.73. The fraction of sp³-hybridized carbons (Fsp3) is 0.308. The Balaban J connectivity index is 2.13. The minimum absolute atomic E-state index is 0.0385. The third kappa shape index (κ3) is 3.50. The van der Waals surface area contributed by atoms with E-state index in [1.54, 1.807) is 4.90 Å². The SMILES string of the molecule is CSC(=Nc1ccc(N2CCOCC2=O)cc1)NC#N. The van der Waals surface area contributed by atoms with Crippen molar-refractivity contribution in [2.75, 3.05) is 30.9 Å². The lowest BCUT2D eigenvalue weighted by molar-refractivity contribution is -0.125. The van der Waals surface area contributed by atoms with Gasteiger partial charge in [0.2, 0.25) is 0 Å². The maximum absolute atomic E-state index is 11.7. The van der Waals surface area contributed by atoms with Gasteiger partial charge in [-0.2, -0.15) is 5.26 Å². The first-order valence-electron chi connectivity index (χ1n) is 6.00. The molecule has 0 bridgehead atoms. The molecule has 1 amide bonds. The van der Waals surface area contributed by atoms with Gasteiger partial charge < -0.3 is 9.64 Å². The van der Waals surface area contributed by atoms with E-state index in [1.807, 2.05) is 36.7 Å². The Bertz CT molecular complexity index is 550. The van der Waals surface area contributed by atoms with Gasteiger partial charge >= 0.3 is 0 Å². The van der Waals surface area contributed by atoms with E-state index in [0.29, 0.717) is 18.3 Å². The van der Waals surface area contributed by atoms with Gasteiger partial charge in [-0.25, -0.2) is 4.99 Å². The average Bonchev–Trinajstić information content (AvgIpc) is 2.48. The summed E-state index contributed by atoms with van der Waals surface area (Å²) in [7, 11) is 0. The van der Waals surface area contributed by atoms with Crippen LogP contribution in [-0.4, -0.2) is 37.1 Å². The quantitative estimate of drug-likeness (QED) is 0.386. The average molecular weight is 290 g/mol. The molecule has 7 heteroatoms. The van der Waals surface area contributed by atoms with Crippen LogP contribution in [0.4, 0.5) is 11.4 Å². The molecule has 1 aromatic carbocycles. The molecule has 20 heavy (non-hydrogen) atoms. The molecule has 0 spiro atoms. The first-order chi connectivity index (χ1) is 9.74. The van der Waals surface area contributed by atoms with Crippen LogP contribution in [0.15, 0.2) is 29.3 Å². The number of anilines is 1. The van der Waals surface area contributed by atoms with Crippen LogP contribution in [0, 0.1) is 11.5 Å². The van der Waals surface area contributed by atoms with Crippen molar-refractivity contribution in [1.82, 2.24) is 5.32 Å². The van der Waals surface area contributed by atoms with E-state index < -0.39 is 0 Å². The standard InChI is InChI=1S/C13H14N4O2S/c1-20-13(15-9-14)16-10-2-4-11(5-3-10)17-6-7-19-8-12(17)18/h2-5H,6-8H2,1H3,(H,15,16). The van der Waals surface area contributed by atoms with Gasteiger partial charge in [0.1, 0.15) is 6.61 Å². The highest BCUT2D eigenvalue weighted by Crippen LogP contribution is 2.21. The molecule has 0 aromatic heterocycles. The van der Waals surface area contributed by atoms with E-state index in [0.717, 1.165) is 11.4 Å². The van der Waals surface area contributed by atoms with Crippen LogP contribution >= 0.6 is 11.8 Å². The van der Waals surface area contributed by atoms with Crippen LogP contribution in [0.25, 0.3) is 0 Å². The van der Waals surface area contributed by atoms with Crippen LogP contribution in [0.5, 0.6) is 0 Å². The summed E-state index contributed by atoms with van der Waals surface area (Å²) in [6, 6.07) is 7.31. The van der Waals surface area contributed by atoms with E-state index in [4.69, 9.17) is 10.00 Å². The summed E-state index contributed by atoms with van der Waals surface area (Å²) in [4.78, 5) is 17.7. The first-order valence-corrected chi connectivity index (χ1v) is 7.23. The van der Waals surface area contributed by atoms with E-state index in [1.165, 1.54) is 11.8 Å². The Labute approximate surface area is 121 Å². The topological polar surface area (TPSA) is 77.7 Å². The molecule has 2 rings (SSSR count). The fourth-order valence-corrected chi connectivity index (χ4v) is 2.13. The Hall–Kier alpha value is -2.04. The number of hydrogen-bond donors (Lipinski definition) is 1. The van der Waals surface area contributed by atoms with Crippen molar-refractivity contribution in [2.45, 2.75) is 0 Å². The zero-order valence-electron chi connectivity index (χ0n) is 11.0. The van der Waals surface area contributed by atoms with Crippen molar-refractivity contribution >= 4 is 34.2 Å².